The first-order valence-corrected chi connectivity index (χ1v) is 19.4. The van der Waals surface area contributed by atoms with Gasteiger partial charge in [0.15, 0.2) is 5.75 Å². The summed E-state index contributed by atoms with van der Waals surface area (Å²) in [5.74, 6) is 1.53. The molecular weight excluding hydrogens is 725 g/mol. The summed E-state index contributed by atoms with van der Waals surface area (Å²) in [6, 6.07) is 60.4. The van der Waals surface area contributed by atoms with Gasteiger partial charge in [-0.25, -0.2) is 0 Å². The molecule has 0 aromatic heterocycles. The van der Waals surface area contributed by atoms with E-state index in [9.17, 15) is 15.2 Å². The molecule has 0 aliphatic heterocycles. The Morgan fingerprint density at radius 1 is 0.517 bits per heavy atom. The number of aliphatic hydroxyl groups excluding tert-OH is 1. The fraction of sp³-hybridized carbons (Fsp3) is 0.160. The average Bonchev–Trinajstić information content (AvgIpc) is 3.28. The minimum absolute atomic E-state index is 0.153. The van der Waals surface area contributed by atoms with Crippen molar-refractivity contribution in [1.82, 2.24) is 4.90 Å². The van der Waals surface area contributed by atoms with Crippen LogP contribution in [0, 0.1) is 10.1 Å². The molecule has 8 heteroatoms. The summed E-state index contributed by atoms with van der Waals surface area (Å²) in [5, 5.41) is 23.6. The lowest BCUT2D eigenvalue weighted by atomic mass is 9.89. The summed E-state index contributed by atoms with van der Waals surface area (Å²) in [6.07, 6.45) is 0. The molecule has 0 radical (unpaired) electrons. The maximum Gasteiger partial charge on any atom is 0.311 e. The highest BCUT2D eigenvalue weighted by Gasteiger charge is 2.28. The lowest BCUT2D eigenvalue weighted by Crippen LogP contribution is -2.35. The molecule has 0 spiro atoms. The standard InChI is InChI=1S/C50H46N2O6/c53-34-49(44-25-30-50(48(31-44)52(54)55)58-37-41-19-11-4-12-20-41)51(32-38-13-5-1-6-14-38)33-47(42-21-26-45(27-22-42)56-35-39-15-7-2-8-16-39)43-23-28-46(29-24-43)57-36-40-17-9-3-10-18-40/h1-31,47,49,53H,32-37H2/t49-/m0/s1. The topological polar surface area (TPSA) is 94.3 Å². The van der Waals surface area contributed by atoms with E-state index in [-0.39, 0.29) is 30.6 Å². The predicted molar refractivity (Wildman–Crippen MR) is 227 cm³/mol. The van der Waals surface area contributed by atoms with Crippen molar-refractivity contribution in [1.29, 1.82) is 0 Å². The number of aliphatic hydroxyl groups is 1. The van der Waals surface area contributed by atoms with Gasteiger partial charge in [0.1, 0.15) is 31.3 Å². The molecule has 0 bridgehead atoms. The van der Waals surface area contributed by atoms with Crippen molar-refractivity contribution >= 4 is 5.69 Å². The van der Waals surface area contributed by atoms with Crippen LogP contribution < -0.4 is 14.2 Å². The molecule has 0 amide bonds. The SMILES string of the molecule is O=[N+]([O-])c1cc([C@H](CO)N(Cc2ccccc2)CC(c2ccc(OCc3ccccc3)cc2)c2ccc(OCc3ccccc3)cc2)ccc1OCc1ccccc1. The molecule has 0 aliphatic rings. The van der Waals surface area contributed by atoms with Crippen molar-refractivity contribution < 1.29 is 24.2 Å². The molecule has 0 fully saturated rings. The van der Waals surface area contributed by atoms with E-state index in [4.69, 9.17) is 14.2 Å². The summed E-state index contributed by atoms with van der Waals surface area (Å²) < 4.78 is 18.2. The smallest absolute Gasteiger partial charge is 0.311 e. The van der Waals surface area contributed by atoms with Gasteiger partial charge in [-0.3, -0.25) is 15.0 Å². The van der Waals surface area contributed by atoms with Gasteiger partial charge in [0.2, 0.25) is 0 Å². The van der Waals surface area contributed by atoms with Crippen molar-refractivity contribution in [2.75, 3.05) is 13.2 Å². The number of nitrogens with zero attached hydrogens (tertiary/aromatic N) is 2. The van der Waals surface area contributed by atoms with Crippen molar-refractivity contribution in [3.05, 3.63) is 237 Å². The van der Waals surface area contributed by atoms with Gasteiger partial charge in [-0.1, -0.05) is 152 Å². The van der Waals surface area contributed by atoms with Gasteiger partial charge in [0, 0.05) is 25.1 Å². The Morgan fingerprint density at radius 3 is 1.36 bits per heavy atom. The quantitative estimate of drug-likeness (QED) is 0.0646. The molecule has 8 nitrogen and oxygen atoms in total. The van der Waals surface area contributed by atoms with Gasteiger partial charge < -0.3 is 19.3 Å². The number of nitro benzene ring substituents is 1. The highest BCUT2D eigenvalue weighted by Crippen LogP contribution is 2.36. The second kappa shape index (κ2) is 19.9. The van der Waals surface area contributed by atoms with Crippen molar-refractivity contribution in [3.8, 4) is 17.2 Å². The lowest BCUT2D eigenvalue weighted by Gasteiger charge is -2.34. The Labute approximate surface area is 339 Å². The van der Waals surface area contributed by atoms with Gasteiger partial charge >= 0.3 is 5.69 Å². The third-order valence-corrected chi connectivity index (χ3v) is 10.1. The van der Waals surface area contributed by atoms with Crippen molar-refractivity contribution in [3.63, 3.8) is 0 Å². The zero-order valence-corrected chi connectivity index (χ0v) is 32.2. The van der Waals surface area contributed by atoms with Crippen LogP contribution in [-0.2, 0) is 26.4 Å². The van der Waals surface area contributed by atoms with Crippen LogP contribution in [0.4, 0.5) is 5.69 Å². The van der Waals surface area contributed by atoms with Crippen LogP contribution in [0.3, 0.4) is 0 Å². The van der Waals surface area contributed by atoms with E-state index in [1.165, 1.54) is 6.07 Å². The van der Waals surface area contributed by atoms with Crippen LogP contribution in [0.15, 0.2) is 188 Å². The molecule has 0 unspecified atom stereocenters. The van der Waals surface area contributed by atoms with Crippen LogP contribution in [0.5, 0.6) is 17.2 Å². The Morgan fingerprint density at radius 2 is 0.931 bits per heavy atom. The van der Waals surface area contributed by atoms with E-state index >= 15 is 0 Å². The van der Waals surface area contributed by atoms with Gasteiger partial charge in [0.05, 0.1) is 17.6 Å². The molecular formula is C50H46N2O6. The largest absolute Gasteiger partial charge is 0.489 e. The van der Waals surface area contributed by atoms with Crippen molar-refractivity contribution in [2.24, 2.45) is 0 Å². The van der Waals surface area contributed by atoms with E-state index in [1.54, 1.807) is 6.07 Å². The van der Waals surface area contributed by atoms with E-state index in [0.717, 1.165) is 44.9 Å². The molecule has 0 saturated heterocycles. The second-order valence-electron chi connectivity index (χ2n) is 14.1. The van der Waals surface area contributed by atoms with Gasteiger partial charge in [-0.2, -0.15) is 0 Å². The average molecular weight is 771 g/mol. The Kier molecular flexibility index (Phi) is 13.6. The van der Waals surface area contributed by atoms with Gasteiger partial charge in [-0.15, -0.1) is 0 Å². The molecule has 292 valence electrons. The zero-order valence-electron chi connectivity index (χ0n) is 32.2. The number of hydrogen-bond donors (Lipinski definition) is 1. The minimum atomic E-state index is -0.577. The monoisotopic (exact) mass is 770 g/mol. The summed E-state index contributed by atoms with van der Waals surface area (Å²) >= 11 is 0. The third-order valence-electron chi connectivity index (χ3n) is 10.1. The molecule has 0 heterocycles. The molecule has 7 aromatic carbocycles. The second-order valence-corrected chi connectivity index (χ2v) is 14.1. The minimum Gasteiger partial charge on any atom is -0.489 e. The molecule has 7 aromatic rings. The number of benzene rings is 7. The first kappa shape index (κ1) is 39.5. The number of hydrogen-bond acceptors (Lipinski definition) is 7. The van der Waals surface area contributed by atoms with Gasteiger partial charge in [-0.05, 0) is 69.3 Å². The maximum absolute atomic E-state index is 12.4. The number of ether oxygens (including phenoxy) is 3. The zero-order chi connectivity index (χ0) is 39.9. The molecule has 58 heavy (non-hydrogen) atoms. The lowest BCUT2D eigenvalue weighted by molar-refractivity contribution is -0.386. The first-order valence-electron chi connectivity index (χ1n) is 19.4. The molecule has 0 aliphatic carbocycles. The first-order chi connectivity index (χ1) is 28.5. The number of nitro groups is 1. The fourth-order valence-electron chi connectivity index (χ4n) is 7.01. The summed E-state index contributed by atoms with van der Waals surface area (Å²) in [5.41, 5.74) is 6.69. The Hall–Kier alpha value is -6.74. The Balaban J connectivity index is 1.20. The van der Waals surface area contributed by atoms with Crippen LogP contribution >= 0.6 is 0 Å². The fourth-order valence-corrected chi connectivity index (χ4v) is 7.01. The normalized spacial score (nSPS) is 11.6. The maximum atomic E-state index is 12.4. The summed E-state index contributed by atoms with van der Waals surface area (Å²) in [7, 11) is 0. The summed E-state index contributed by atoms with van der Waals surface area (Å²) in [4.78, 5) is 14.2. The predicted octanol–water partition coefficient (Wildman–Crippen LogP) is 10.7. The van der Waals surface area contributed by atoms with E-state index in [1.807, 2.05) is 140 Å². The molecule has 7 rings (SSSR count). The van der Waals surface area contributed by atoms with E-state index < -0.39 is 11.0 Å². The summed E-state index contributed by atoms with van der Waals surface area (Å²) in [6.45, 7) is 1.81. The van der Waals surface area contributed by atoms with Crippen LogP contribution in [0.25, 0.3) is 0 Å². The van der Waals surface area contributed by atoms with Crippen LogP contribution in [0.2, 0.25) is 0 Å². The highest BCUT2D eigenvalue weighted by atomic mass is 16.6. The molecule has 1 atom stereocenters. The van der Waals surface area contributed by atoms with Crippen LogP contribution in [0.1, 0.15) is 50.9 Å². The van der Waals surface area contributed by atoms with Gasteiger partial charge in [0.25, 0.3) is 0 Å². The molecule has 1 N–H and O–H groups in total. The van der Waals surface area contributed by atoms with Crippen LogP contribution in [-0.4, -0.2) is 28.1 Å². The third kappa shape index (κ3) is 10.8. The highest BCUT2D eigenvalue weighted by molar-refractivity contribution is 5.50. The van der Waals surface area contributed by atoms with Crippen molar-refractivity contribution in [2.45, 2.75) is 38.3 Å². The number of rotatable bonds is 19. The van der Waals surface area contributed by atoms with E-state index in [0.29, 0.717) is 31.9 Å². The van der Waals surface area contributed by atoms with E-state index in [2.05, 4.69) is 41.3 Å². The Bertz CT molecular complexity index is 2220. The molecule has 0 saturated carbocycles.